The molecule has 2 amide bonds. The lowest BCUT2D eigenvalue weighted by Gasteiger charge is -2.50. The van der Waals surface area contributed by atoms with Crippen molar-refractivity contribution in [2.45, 2.75) is 57.3 Å². The van der Waals surface area contributed by atoms with Crippen LogP contribution in [-0.2, 0) is 40.3 Å². The van der Waals surface area contributed by atoms with E-state index in [0.29, 0.717) is 27.7 Å². The molecule has 0 radical (unpaired) electrons. The van der Waals surface area contributed by atoms with Gasteiger partial charge < -0.3 is 36.4 Å². The smallest absolute Gasteiger partial charge is 0.418 e. The first-order chi connectivity index (χ1) is 21.6. The zero-order valence-corrected chi connectivity index (χ0v) is 26.6. The van der Waals surface area contributed by atoms with Crippen molar-refractivity contribution in [3.8, 4) is 5.75 Å². The number of rotatable bonds is 14. The van der Waals surface area contributed by atoms with Crippen LogP contribution >= 0.6 is 11.3 Å². The Morgan fingerprint density at radius 3 is 2.57 bits per heavy atom. The largest absolute Gasteiger partial charge is 0.489 e. The number of aromatic nitrogens is 1. The minimum atomic E-state index is -5.02. The highest BCUT2D eigenvalue weighted by molar-refractivity contribution is 7.80. The van der Waals surface area contributed by atoms with Crippen LogP contribution in [-0.4, -0.2) is 101 Å². The van der Waals surface area contributed by atoms with Crippen LogP contribution in [0, 0.1) is 5.41 Å². The lowest BCUT2D eigenvalue weighted by atomic mass is 9.84. The van der Waals surface area contributed by atoms with Crippen molar-refractivity contribution in [3.63, 3.8) is 0 Å². The Morgan fingerprint density at radius 1 is 1.30 bits per heavy atom. The molecule has 2 aliphatic rings. The number of hydrogen-bond acceptors (Lipinski definition) is 14. The van der Waals surface area contributed by atoms with E-state index < -0.39 is 58.2 Å². The normalized spacial score (nSPS) is 20.0. The van der Waals surface area contributed by atoms with Gasteiger partial charge >= 0.3 is 16.4 Å². The van der Waals surface area contributed by atoms with Gasteiger partial charge in [-0.25, -0.2) is 9.78 Å². The fraction of sp³-hybridized carbons (Fsp3) is 0.462. The van der Waals surface area contributed by atoms with Gasteiger partial charge in [0.1, 0.15) is 29.9 Å². The SMILES string of the molecule is CCc1sc(N)nc1/C(=N/OC(COc1ccc(C(=N)N[C@H]2CCNC2)cc1)C(=O)O)C(=O)N[C@@H]1C(=O)N(OS(=O)(=O)O)C1(C)C. The van der Waals surface area contributed by atoms with Crippen LogP contribution in [0.1, 0.15) is 43.3 Å². The van der Waals surface area contributed by atoms with Crippen molar-refractivity contribution in [1.29, 1.82) is 5.41 Å². The van der Waals surface area contributed by atoms with Gasteiger partial charge in [-0.05, 0) is 57.5 Å². The highest BCUT2D eigenvalue weighted by Crippen LogP contribution is 2.33. The second kappa shape index (κ2) is 14.0. The predicted octanol–water partition coefficient (Wildman–Crippen LogP) is -0.343. The van der Waals surface area contributed by atoms with E-state index in [1.54, 1.807) is 31.2 Å². The number of nitrogens with two attached hydrogens (primary N) is 1. The number of amides is 2. The number of β-lactam (4-membered cyclic amide) rings is 1. The van der Waals surface area contributed by atoms with Crippen LogP contribution in [0.15, 0.2) is 29.4 Å². The topological polar surface area (TPSA) is 268 Å². The van der Waals surface area contributed by atoms with Crippen LogP contribution in [0.3, 0.4) is 0 Å². The molecular weight excluding hydrogens is 648 g/mol. The third kappa shape index (κ3) is 8.07. The zero-order valence-electron chi connectivity index (χ0n) is 25.0. The van der Waals surface area contributed by atoms with Crippen LogP contribution in [0.5, 0.6) is 5.75 Å². The van der Waals surface area contributed by atoms with E-state index >= 15 is 0 Å². The van der Waals surface area contributed by atoms with Gasteiger partial charge in [-0.1, -0.05) is 12.1 Å². The predicted molar refractivity (Wildman–Crippen MR) is 164 cm³/mol. The molecule has 1 aromatic carbocycles. The van der Waals surface area contributed by atoms with E-state index in [0.717, 1.165) is 30.8 Å². The molecule has 3 atom stereocenters. The molecule has 4 rings (SSSR count). The molecule has 1 unspecified atom stereocenters. The van der Waals surface area contributed by atoms with Crippen molar-refractivity contribution in [2.75, 3.05) is 25.4 Å². The second-order valence-corrected chi connectivity index (χ2v) is 12.9. The van der Waals surface area contributed by atoms with E-state index in [1.165, 1.54) is 13.8 Å². The number of benzene rings is 1. The maximum absolute atomic E-state index is 13.4. The molecule has 0 bridgehead atoms. The van der Waals surface area contributed by atoms with Gasteiger partial charge in [-0.2, -0.15) is 13.5 Å². The van der Waals surface area contributed by atoms with Crippen LogP contribution in [0.25, 0.3) is 0 Å². The molecular formula is C26H34N8O10S2. The molecule has 18 nitrogen and oxygen atoms in total. The van der Waals surface area contributed by atoms with Gasteiger partial charge in [0, 0.05) is 23.0 Å². The van der Waals surface area contributed by atoms with E-state index in [9.17, 15) is 27.9 Å². The maximum atomic E-state index is 13.4. The molecule has 2 fully saturated rings. The van der Waals surface area contributed by atoms with Crippen LogP contribution in [0.4, 0.5) is 5.13 Å². The van der Waals surface area contributed by atoms with Crippen molar-refractivity contribution >= 4 is 56.2 Å². The first-order valence-electron chi connectivity index (χ1n) is 13.9. The summed E-state index contributed by atoms with van der Waals surface area (Å²) in [4.78, 5) is 47.9. The number of nitrogen functional groups attached to an aromatic ring is 1. The number of carboxylic acids is 1. The molecule has 0 aliphatic carbocycles. The number of thiazole rings is 1. The van der Waals surface area contributed by atoms with Crippen molar-refractivity contribution in [3.05, 3.63) is 40.4 Å². The maximum Gasteiger partial charge on any atom is 0.418 e. The Balaban J connectivity index is 1.48. The van der Waals surface area contributed by atoms with E-state index in [-0.39, 0.29) is 22.7 Å². The number of nitrogens with one attached hydrogen (secondary N) is 4. The Kier molecular flexibility index (Phi) is 10.5. The van der Waals surface area contributed by atoms with Crippen LogP contribution in [0.2, 0.25) is 0 Å². The summed E-state index contributed by atoms with van der Waals surface area (Å²) in [6.07, 6.45) is -0.422. The minimum Gasteiger partial charge on any atom is -0.489 e. The van der Waals surface area contributed by atoms with Crippen molar-refractivity contribution < 1.29 is 46.3 Å². The lowest BCUT2D eigenvalue weighted by Crippen LogP contribution is -2.76. The summed E-state index contributed by atoms with van der Waals surface area (Å²) in [6.45, 7) is 5.62. The summed E-state index contributed by atoms with van der Waals surface area (Å²) < 4.78 is 41.1. The van der Waals surface area contributed by atoms with Crippen molar-refractivity contribution in [2.24, 2.45) is 5.16 Å². The van der Waals surface area contributed by atoms with Gasteiger partial charge in [0.15, 0.2) is 10.8 Å². The number of anilines is 1. The average molecular weight is 683 g/mol. The first kappa shape index (κ1) is 34.5. The van der Waals surface area contributed by atoms with Gasteiger partial charge in [0.05, 0.1) is 5.54 Å². The number of nitrogens with zero attached hydrogens (tertiary/aromatic N) is 3. The number of carbonyl (C=O) groups excluding carboxylic acids is 2. The first-order valence-corrected chi connectivity index (χ1v) is 16.1. The second-order valence-electron chi connectivity index (χ2n) is 10.8. The summed E-state index contributed by atoms with van der Waals surface area (Å²) in [5, 5.41) is 31.0. The molecule has 2 saturated heterocycles. The standard InChI is InChI=1S/C26H34N8O10S2/c1-4-17-18(31-25(28)45-17)19(22(35)32-20-23(36)34(26(20,2)3)44-46(39,40)41)33-43-16(24(37)38)12-42-15-7-5-13(6-8-15)21(27)30-14-9-10-29-11-14/h5-8,14,16,20,29H,4,9-12H2,1-3H3,(H2,27,30)(H2,28,31)(H,32,35)(H,37,38)(H,39,40,41)/b33-19-/t14-,16?,20+/m0/s1. The number of oxime groups is 1. The number of amidine groups is 1. The monoisotopic (exact) mass is 682 g/mol. The fourth-order valence-corrected chi connectivity index (χ4v) is 5.85. The van der Waals surface area contributed by atoms with E-state index in [4.69, 9.17) is 25.3 Å². The number of carboxylic acid groups (broad SMARTS) is 1. The number of ether oxygens (including phenoxy) is 1. The minimum absolute atomic E-state index is 0.0109. The molecule has 3 heterocycles. The molecule has 46 heavy (non-hydrogen) atoms. The average Bonchev–Trinajstić information content (AvgIpc) is 3.64. The molecule has 250 valence electrons. The Morgan fingerprint density at radius 2 is 2.00 bits per heavy atom. The highest BCUT2D eigenvalue weighted by atomic mass is 32.3. The summed E-state index contributed by atoms with van der Waals surface area (Å²) in [5.41, 5.74) is 4.52. The molecule has 1 aromatic heterocycles. The summed E-state index contributed by atoms with van der Waals surface area (Å²) in [6, 6.07) is 5.26. The number of aryl methyl sites for hydroxylation is 1. The molecule has 0 spiro atoms. The van der Waals surface area contributed by atoms with E-state index in [2.05, 4.69) is 30.4 Å². The number of carbonyl (C=O) groups is 3. The number of hydrogen-bond donors (Lipinski definition) is 7. The van der Waals surface area contributed by atoms with E-state index in [1.807, 2.05) is 0 Å². The summed E-state index contributed by atoms with van der Waals surface area (Å²) in [5.74, 6) is -2.93. The number of hydroxylamine groups is 2. The molecule has 2 aromatic rings. The molecule has 20 heteroatoms. The van der Waals surface area contributed by atoms with Gasteiger partial charge in [0.2, 0.25) is 0 Å². The van der Waals surface area contributed by atoms with Gasteiger partial charge in [-0.3, -0.25) is 19.6 Å². The third-order valence-corrected chi connectivity index (χ3v) is 8.46. The molecule has 2 aliphatic heterocycles. The highest BCUT2D eigenvalue weighted by Gasteiger charge is 2.58. The molecule has 0 saturated carbocycles. The van der Waals surface area contributed by atoms with Gasteiger partial charge in [-0.15, -0.1) is 15.6 Å². The van der Waals surface area contributed by atoms with Gasteiger partial charge in [0.25, 0.3) is 17.9 Å². The summed E-state index contributed by atoms with van der Waals surface area (Å²) in [7, 11) is -5.02. The lowest BCUT2D eigenvalue weighted by molar-refractivity contribution is -0.218. The Labute approximate surface area is 267 Å². The summed E-state index contributed by atoms with van der Waals surface area (Å²) >= 11 is 1.06. The van der Waals surface area contributed by atoms with Crippen molar-refractivity contribution in [1.82, 2.24) is 26.0 Å². The zero-order chi connectivity index (χ0) is 33.8. The molecule has 8 N–H and O–H groups in total. The van der Waals surface area contributed by atoms with Crippen LogP contribution < -0.4 is 26.4 Å². The third-order valence-electron chi connectivity index (χ3n) is 7.10. The Bertz CT molecular complexity index is 1620. The fourth-order valence-electron chi connectivity index (χ4n) is 4.62. The quantitative estimate of drug-likeness (QED) is 0.0442. The Hall–Kier alpha value is -4.37. The number of aliphatic carboxylic acids is 1.